The van der Waals surface area contributed by atoms with Gasteiger partial charge in [-0.15, -0.1) is 22.7 Å². The Labute approximate surface area is 145 Å². The maximum Gasteiger partial charge on any atom is 0.320 e. The molecule has 3 rings (SSSR count). The van der Waals surface area contributed by atoms with Crippen LogP contribution in [0.2, 0.25) is 0 Å². The summed E-state index contributed by atoms with van der Waals surface area (Å²) >= 11 is 2.77. The van der Waals surface area contributed by atoms with E-state index in [4.69, 9.17) is 16.1 Å². The highest BCUT2D eigenvalue weighted by molar-refractivity contribution is 7.14. The summed E-state index contributed by atoms with van der Waals surface area (Å²) in [5, 5.41) is 22.8. The first-order valence-corrected chi connectivity index (χ1v) is 8.59. The molecule has 3 heterocycles. The molecule has 9 heteroatoms. The fraction of sp³-hybridized carbons (Fsp3) is 0.133. The van der Waals surface area contributed by atoms with Crippen molar-refractivity contribution in [2.75, 3.05) is 0 Å². The molecule has 0 saturated heterocycles. The molecule has 0 aliphatic carbocycles. The van der Waals surface area contributed by atoms with Crippen molar-refractivity contribution in [1.29, 1.82) is 5.26 Å². The molecule has 3 aromatic rings. The van der Waals surface area contributed by atoms with Crippen molar-refractivity contribution in [2.45, 2.75) is 12.5 Å². The first kappa shape index (κ1) is 16.2. The molecule has 7 nitrogen and oxygen atoms in total. The van der Waals surface area contributed by atoms with Crippen molar-refractivity contribution in [3.63, 3.8) is 0 Å². The Balaban J connectivity index is 1.82. The third kappa shape index (κ3) is 3.46. The van der Waals surface area contributed by atoms with E-state index in [1.165, 1.54) is 22.7 Å². The quantitative estimate of drug-likeness (QED) is 0.716. The first-order chi connectivity index (χ1) is 11.6. The van der Waals surface area contributed by atoms with Gasteiger partial charge < -0.3 is 10.8 Å². The number of nitriles is 1. The Bertz CT molecular complexity index is 928. The average molecular weight is 357 g/mol. The second kappa shape index (κ2) is 6.84. The smallest absolute Gasteiger partial charge is 0.320 e. The van der Waals surface area contributed by atoms with E-state index in [1.807, 2.05) is 16.8 Å². The summed E-state index contributed by atoms with van der Waals surface area (Å²) < 4.78 is 0. The van der Waals surface area contributed by atoms with Gasteiger partial charge >= 0.3 is 5.97 Å². The van der Waals surface area contributed by atoms with Crippen LogP contribution in [0.3, 0.4) is 0 Å². The number of rotatable bonds is 5. The molecule has 0 aliphatic rings. The largest absolute Gasteiger partial charge is 0.480 e. The molecule has 0 spiro atoms. The molecule has 0 aliphatic heterocycles. The van der Waals surface area contributed by atoms with Crippen LogP contribution in [-0.2, 0) is 11.2 Å². The van der Waals surface area contributed by atoms with Crippen LogP contribution in [0.1, 0.15) is 10.7 Å². The molecule has 24 heavy (non-hydrogen) atoms. The maximum atomic E-state index is 10.8. The van der Waals surface area contributed by atoms with Gasteiger partial charge in [-0.3, -0.25) is 4.79 Å². The van der Waals surface area contributed by atoms with Gasteiger partial charge in [-0.25, -0.2) is 15.0 Å². The number of aromatic nitrogens is 3. The van der Waals surface area contributed by atoms with Crippen LogP contribution in [-0.4, -0.2) is 32.1 Å². The van der Waals surface area contributed by atoms with E-state index in [0.717, 1.165) is 0 Å². The van der Waals surface area contributed by atoms with E-state index < -0.39 is 12.0 Å². The lowest BCUT2D eigenvalue weighted by molar-refractivity contribution is -0.138. The fourth-order valence-corrected chi connectivity index (χ4v) is 3.61. The van der Waals surface area contributed by atoms with Crippen molar-refractivity contribution in [2.24, 2.45) is 5.73 Å². The van der Waals surface area contributed by atoms with E-state index in [2.05, 4.69) is 15.0 Å². The number of aliphatic carboxylic acids is 1. The molecular formula is C15H11N5O2S2. The van der Waals surface area contributed by atoms with Crippen LogP contribution in [0.5, 0.6) is 0 Å². The minimum Gasteiger partial charge on any atom is -0.480 e. The SMILES string of the molecule is N#Cc1cccc(-c2csc(-c3csc(C[C@H](N)C(=O)O)n3)n2)n1. The summed E-state index contributed by atoms with van der Waals surface area (Å²) in [7, 11) is 0. The van der Waals surface area contributed by atoms with Gasteiger partial charge in [-0.1, -0.05) is 6.07 Å². The monoisotopic (exact) mass is 357 g/mol. The van der Waals surface area contributed by atoms with Crippen LogP contribution in [0.4, 0.5) is 0 Å². The van der Waals surface area contributed by atoms with Gasteiger partial charge in [0.15, 0.2) is 0 Å². The highest BCUT2D eigenvalue weighted by Crippen LogP contribution is 2.29. The number of carboxylic acid groups (broad SMARTS) is 1. The summed E-state index contributed by atoms with van der Waals surface area (Å²) in [5.74, 6) is -1.05. The highest BCUT2D eigenvalue weighted by Gasteiger charge is 2.16. The van der Waals surface area contributed by atoms with E-state index in [-0.39, 0.29) is 6.42 Å². The second-order valence-corrected chi connectivity index (χ2v) is 6.63. The molecule has 120 valence electrons. The predicted molar refractivity (Wildman–Crippen MR) is 90.5 cm³/mol. The van der Waals surface area contributed by atoms with E-state index in [9.17, 15) is 4.79 Å². The Morgan fingerprint density at radius 2 is 2.00 bits per heavy atom. The van der Waals surface area contributed by atoms with Crippen molar-refractivity contribution < 1.29 is 9.90 Å². The van der Waals surface area contributed by atoms with E-state index in [1.54, 1.807) is 18.2 Å². The van der Waals surface area contributed by atoms with Gasteiger partial charge in [0.2, 0.25) is 0 Å². The number of thiazole rings is 2. The van der Waals surface area contributed by atoms with Crippen LogP contribution >= 0.6 is 22.7 Å². The zero-order valence-electron chi connectivity index (χ0n) is 12.2. The van der Waals surface area contributed by atoms with Gasteiger partial charge in [0.1, 0.15) is 34.2 Å². The van der Waals surface area contributed by atoms with Crippen molar-refractivity contribution in [3.05, 3.63) is 39.7 Å². The Hall–Kier alpha value is -2.67. The molecule has 0 amide bonds. The first-order valence-electron chi connectivity index (χ1n) is 6.83. The average Bonchev–Trinajstić information content (AvgIpc) is 3.23. The molecule has 0 radical (unpaired) electrons. The Morgan fingerprint density at radius 3 is 2.75 bits per heavy atom. The Kier molecular flexibility index (Phi) is 4.61. The van der Waals surface area contributed by atoms with Crippen LogP contribution in [0.25, 0.3) is 22.1 Å². The summed E-state index contributed by atoms with van der Waals surface area (Å²) in [6.45, 7) is 0. The van der Waals surface area contributed by atoms with Crippen molar-refractivity contribution in [3.8, 4) is 28.2 Å². The molecule has 0 bridgehead atoms. The normalized spacial score (nSPS) is 11.8. The number of carbonyl (C=O) groups is 1. The number of hydrogen-bond donors (Lipinski definition) is 2. The predicted octanol–water partition coefficient (Wildman–Crippen LogP) is 2.15. The van der Waals surface area contributed by atoms with Gasteiger partial charge in [0, 0.05) is 17.2 Å². The number of hydrogen-bond acceptors (Lipinski definition) is 8. The molecule has 1 atom stereocenters. The van der Waals surface area contributed by atoms with Gasteiger partial charge in [-0.05, 0) is 12.1 Å². The van der Waals surface area contributed by atoms with Crippen LogP contribution in [0.15, 0.2) is 29.0 Å². The standard InChI is InChI=1S/C15H11N5O2S2/c16-5-8-2-1-3-10(18-8)11-6-24-14(20-11)12-7-23-13(19-12)4-9(17)15(21)22/h1-3,6-7,9H,4,17H2,(H,21,22)/t9-/m0/s1. The minimum atomic E-state index is -1.05. The molecule has 0 unspecified atom stereocenters. The third-order valence-corrected chi connectivity index (χ3v) is 4.85. The molecule has 0 aromatic carbocycles. The molecular weight excluding hydrogens is 346 g/mol. The van der Waals surface area contributed by atoms with E-state index >= 15 is 0 Å². The lowest BCUT2D eigenvalue weighted by Gasteiger charge is -2.01. The van der Waals surface area contributed by atoms with Crippen LogP contribution in [0, 0.1) is 11.3 Å². The fourth-order valence-electron chi connectivity index (χ4n) is 1.93. The number of nitrogens with zero attached hydrogens (tertiary/aromatic N) is 4. The minimum absolute atomic E-state index is 0.185. The summed E-state index contributed by atoms with van der Waals surface area (Å²) in [6.07, 6.45) is 0.185. The molecule has 3 N–H and O–H groups in total. The van der Waals surface area contributed by atoms with Crippen molar-refractivity contribution in [1.82, 2.24) is 15.0 Å². The lowest BCUT2D eigenvalue weighted by Crippen LogP contribution is -2.32. The Morgan fingerprint density at radius 1 is 1.21 bits per heavy atom. The topological polar surface area (TPSA) is 126 Å². The zero-order chi connectivity index (χ0) is 17.1. The number of nitrogens with two attached hydrogens (primary N) is 1. The zero-order valence-corrected chi connectivity index (χ0v) is 13.8. The molecule has 0 saturated carbocycles. The summed E-state index contributed by atoms with van der Waals surface area (Å²) in [4.78, 5) is 23.9. The second-order valence-electron chi connectivity index (χ2n) is 4.83. The van der Waals surface area contributed by atoms with Gasteiger partial charge in [-0.2, -0.15) is 5.26 Å². The number of pyridine rings is 1. The summed E-state index contributed by atoms with van der Waals surface area (Å²) in [6, 6.07) is 6.22. The summed E-state index contributed by atoms with van der Waals surface area (Å²) in [5.41, 5.74) is 7.83. The molecule has 0 fully saturated rings. The van der Waals surface area contributed by atoms with Crippen LogP contribution < -0.4 is 5.73 Å². The van der Waals surface area contributed by atoms with Crippen molar-refractivity contribution >= 4 is 28.6 Å². The van der Waals surface area contributed by atoms with Gasteiger partial charge in [0.25, 0.3) is 0 Å². The van der Waals surface area contributed by atoms with Gasteiger partial charge in [0.05, 0.1) is 10.7 Å². The molecule has 3 aromatic heterocycles. The lowest BCUT2D eigenvalue weighted by atomic mass is 10.2. The number of carboxylic acids is 1. The highest BCUT2D eigenvalue weighted by atomic mass is 32.1. The van der Waals surface area contributed by atoms with E-state index in [0.29, 0.717) is 32.8 Å². The maximum absolute atomic E-state index is 10.8. The third-order valence-electron chi connectivity index (χ3n) is 3.11.